The van der Waals surface area contributed by atoms with Gasteiger partial charge in [0.25, 0.3) is 0 Å². The Hall–Kier alpha value is -3.38. The minimum atomic E-state index is -0.740. The van der Waals surface area contributed by atoms with Crippen LogP contribution >= 0.6 is 11.6 Å². The van der Waals surface area contributed by atoms with Gasteiger partial charge in [0, 0.05) is 36.1 Å². The number of benzene rings is 2. The molecule has 0 saturated heterocycles. The molecule has 0 bridgehead atoms. The summed E-state index contributed by atoms with van der Waals surface area (Å²) in [6, 6.07) is 18.9. The number of amides is 3. The van der Waals surface area contributed by atoms with Crippen molar-refractivity contribution >= 4 is 29.2 Å². The summed E-state index contributed by atoms with van der Waals surface area (Å²) < 4.78 is 0. The molecule has 1 aromatic heterocycles. The molecule has 0 aliphatic carbocycles. The van der Waals surface area contributed by atoms with Gasteiger partial charge >= 0.3 is 6.03 Å². The van der Waals surface area contributed by atoms with E-state index in [9.17, 15) is 9.59 Å². The van der Waals surface area contributed by atoms with Gasteiger partial charge in [-0.1, -0.05) is 54.1 Å². The number of carbonyl (C=O) groups excluding carboxylic acids is 2. The molecule has 0 spiro atoms. The van der Waals surface area contributed by atoms with Crippen LogP contribution in [-0.4, -0.2) is 23.0 Å². The van der Waals surface area contributed by atoms with Crippen molar-refractivity contribution in [1.82, 2.24) is 15.6 Å². The lowest BCUT2D eigenvalue weighted by Crippen LogP contribution is -2.49. The molecule has 1 heterocycles. The molecule has 0 aliphatic rings. The molecular weight excluding hydrogens is 388 g/mol. The van der Waals surface area contributed by atoms with Crippen LogP contribution in [0.2, 0.25) is 5.02 Å². The maximum absolute atomic E-state index is 12.8. The molecule has 3 rings (SSSR count). The van der Waals surface area contributed by atoms with Gasteiger partial charge < -0.3 is 16.0 Å². The van der Waals surface area contributed by atoms with E-state index in [-0.39, 0.29) is 5.91 Å². The second-order valence-electron chi connectivity index (χ2n) is 6.42. The van der Waals surface area contributed by atoms with E-state index < -0.39 is 12.1 Å². The van der Waals surface area contributed by atoms with Crippen molar-refractivity contribution in [2.45, 2.75) is 19.0 Å². The van der Waals surface area contributed by atoms with Crippen molar-refractivity contribution in [1.29, 1.82) is 0 Å². The molecule has 6 nitrogen and oxygen atoms in total. The molecule has 0 fully saturated rings. The number of rotatable bonds is 7. The molecule has 3 aromatic rings. The number of pyridine rings is 1. The SMILES string of the molecule is O=C(NCc1ccc(Cl)cc1)N[C@@H](Cc1ccccc1)C(=O)Nc1ccncc1. The van der Waals surface area contributed by atoms with E-state index in [1.54, 1.807) is 36.7 Å². The molecule has 148 valence electrons. The number of halogens is 1. The Balaban J connectivity index is 1.64. The number of hydrogen-bond donors (Lipinski definition) is 3. The zero-order valence-electron chi connectivity index (χ0n) is 15.6. The molecule has 3 N–H and O–H groups in total. The topological polar surface area (TPSA) is 83.1 Å². The van der Waals surface area contributed by atoms with E-state index in [0.717, 1.165) is 11.1 Å². The Bertz CT molecular complexity index is 934. The van der Waals surface area contributed by atoms with E-state index in [2.05, 4.69) is 20.9 Å². The van der Waals surface area contributed by atoms with Crippen molar-refractivity contribution < 1.29 is 9.59 Å². The first-order valence-electron chi connectivity index (χ1n) is 9.14. The van der Waals surface area contributed by atoms with Crippen molar-refractivity contribution in [2.75, 3.05) is 5.32 Å². The van der Waals surface area contributed by atoms with Crippen molar-refractivity contribution in [3.05, 3.63) is 95.3 Å². The summed E-state index contributed by atoms with van der Waals surface area (Å²) in [7, 11) is 0. The minimum Gasteiger partial charge on any atom is -0.334 e. The van der Waals surface area contributed by atoms with Crippen LogP contribution in [0.3, 0.4) is 0 Å². The first-order chi connectivity index (χ1) is 14.1. The lowest BCUT2D eigenvalue weighted by Gasteiger charge is -2.19. The molecule has 1 atom stereocenters. The van der Waals surface area contributed by atoms with Crippen LogP contribution in [0, 0.1) is 0 Å². The van der Waals surface area contributed by atoms with Gasteiger partial charge in [0.1, 0.15) is 6.04 Å². The Morgan fingerprint density at radius 1 is 0.897 bits per heavy atom. The Labute approximate surface area is 174 Å². The smallest absolute Gasteiger partial charge is 0.315 e. The predicted molar refractivity (Wildman–Crippen MR) is 114 cm³/mol. The molecule has 7 heteroatoms. The fraction of sp³-hybridized carbons (Fsp3) is 0.136. The lowest BCUT2D eigenvalue weighted by atomic mass is 10.1. The van der Waals surface area contributed by atoms with Crippen molar-refractivity contribution in [3.8, 4) is 0 Å². The molecule has 29 heavy (non-hydrogen) atoms. The van der Waals surface area contributed by atoms with Crippen LogP contribution in [-0.2, 0) is 17.8 Å². The summed E-state index contributed by atoms with van der Waals surface area (Å²) in [6.45, 7) is 0.326. The quantitative estimate of drug-likeness (QED) is 0.556. The summed E-state index contributed by atoms with van der Waals surface area (Å²) in [4.78, 5) is 29.1. The van der Waals surface area contributed by atoms with Gasteiger partial charge in [-0.05, 0) is 35.4 Å². The van der Waals surface area contributed by atoms with Crippen LogP contribution < -0.4 is 16.0 Å². The van der Waals surface area contributed by atoms with E-state index in [1.165, 1.54) is 0 Å². The fourth-order valence-corrected chi connectivity index (χ4v) is 2.84. The molecule has 0 aliphatic heterocycles. The molecule has 3 amide bonds. The number of nitrogens with zero attached hydrogens (tertiary/aromatic N) is 1. The Morgan fingerprint density at radius 3 is 2.28 bits per heavy atom. The van der Waals surface area contributed by atoms with Gasteiger partial charge in [-0.3, -0.25) is 9.78 Å². The first kappa shape index (κ1) is 20.4. The third-order valence-electron chi connectivity index (χ3n) is 4.22. The number of carbonyl (C=O) groups is 2. The van der Waals surface area contributed by atoms with E-state index in [1.807, 2.05) is 42.5 Å². The highest BCUT2D eigenvalue weighted by atomic mass is 35.5. The van der Waals surface area contributed by atoms with E-state index in [0.29, 0.717) is 23.7 Å². The standard InChI is InChI=1S/C22H21ClN4O2/c23-18-8-6-17(7-9-18)15-25-22(29)27-20(14-16-4-2-1-3-5-16)21(28)26-19-10-12-24-13-11-19/h1-13,20H,14-15H2,(H,24,26,28)(H2,25,27,29)/t20-/m0/s1. The number of aromatic nitrogens is 1. The van der Waals surface area contributed by atoms with Crippen molar-refractivity contribution in [2.24, 2.45) is 0 Å². The van der Waals surface area contributed by atoms with Gasteiger partial charge in [0.05, 0.1) is 0 Å². The minimum absolute atomic E-state index is 0.304. The molecular formula is C22H21ClN4O2. The van der Waals surface area contributed by atoms with Gasteiger partial charge in [-0.25, -0.2) is 4.79 Å². The maximum atomic E-state index is 12.8. The second-order valence-corrected chi connectivity index (χ2v) is 6.86. The van der Waals surface area contributed by atoms with Gasteiger partial charge in [0.15, 0.2) is 0 Å². The van der Waals surface area contributed by atoms with Crippen LogP contribution in [0.25, 0.3) is 0 Å². The number of urea groups is 1. The second kappa shape index (κ2) is 10.2. The van der Waals surface area contributed by atoms with Crippen LogP contribution in [0.1, 0.15) is 11.1 Å². The first-order valence-corrected chi connectivity index (χ1v) is 9.51. The normalized spacial score (nSPS) is 11.3. The highest BCUT2D eigenvalue weighted by molar-refractivity contribution is 6.30. The summed E-state index contributed by atoms with van der Waals surface area (Å²) in [5, 5.41) is 8.98. The average molecular weight is 409 g/mol. The number of nitrogens with one attached hydrogen (secondary N) is 3. The summed E-state index contributed by atoms with van der Waals surface area (Å²) >= 11 is 5.87. The zero-order valence-corrected chi connectivity index (χ0v) is 16.4. The number of anilines is 1. The van der Waals surface area contributed by atoms with Crippen molar-refractivity contribution in [3.63, 3.8) is 0 Å². The van der Waals surface area contributed by atoms with Gasteiger partial charge in [-0.15, -0.1) is 0 Å². The number of hydrogen-bond acceptors (Lipinski definition) is 3. The lowest BCUT2D eigenvalue weighted by molar-refractivity contribution is -0.117. The molecule has 0 unspecified atom stereocenters. The predicted octanol–water partition coefficient (Wildman–Crippen LogP) is 3.78. The average Bonchev–Trinajstić information content (AvgIpc) is 2.74. The third kappa shape index (κ3) is 6.62. The van der Waals surface area contributed by atoms with Gasteiger partial charge in [0.2, 0.25) is 5.91 Å². The van der Waals surface area contributed by atoms with Crippen LogP contribution in [0.5, 0.6) is 0 Å². The fourth-order valence-electron chi connectivity index (χ4n) is 2.72. The summed E-state index contributed by atoms with van der Waals surface area (Å²) in [6.07, 6.45) is 3.55. The van der Waals surface area contributed by atoms with Crippen LogP contribution in [0.15, 0.2) is 79.1 Å². The molecule has 0 saturated carbocycles. The van der Waals surface area contributed by atoms with E-state index in [4.69, 9.17) is 11.6 Å². The molecule has 0 radical (unpaired) electrons. The third-order valence-corrected chi connectivity index (χ3v) is 4.47. The summed E-state index contributed by atoms with van der Waals surface area (Å²) in [5.74, 6) is -0.304. The maximum Gasteiger partial charge on any atom is 0.315 e. The molecule has 2 aromatic carbocycles. The van der Waals surface area contributed by atoms with Crippen LogP contribution in [0.4, 0.5) is 10.5 Å². The zero-order chi connectivity index (χ0) is 20.5. The Kier molecular flexibility index (Phi) is 7.19. The van der Waals surface area contributed by atoms with Gasteiger partial charge in [-0.2, -0.15) is 0 Å². The highest BCUT2D eigenvalue weighted by Gasteiger charge is 2.21. The largest absolute Gasteiger partial charge is 0.334 e. The summed E-state index contributed by atoms with van der Waals surface area (Å²) in [5.41, 5.74) is 2.47. The Morgan fingerprint density at radius 2 is 1.59 bits per heavy atom. The highest BCUT2D eigenvalue weighted by Crippen LogP contribution is 2.10. The monoisotopic (exact) mass is 408 g/mol. The van der Waals surface area contributed by atoms with E-state index >= 15 is 0 Å².